The molecule has 0 aromatic carbocycles. The third-order valence-electron chi connectivity index (χ3n) is 7.86. The number of carbonyl (C=O) groups is 2. The molecule has 268 valence electrons. The van der Waals surface area contributed by atoms with E-state index in [0.29, 0.717) is 12.8 Å². The van der Waals surface area contributed by atoms with Gasteiger partial charge in [0.15, 0.2) is 6.10 Å². The number of hydrogen-bond donors (Lipinski definition) is 1. The van der Waals surface area contributed by atoms with Crippen LogP contribution < -0.4 is 0 Å². The van der Waals surface area contributed by atoms with Crippen LogP contribution in [0.5, 0.6) is 0 Å². The van der Waals surface area contributed by atoms with E-state index in [1.807, 2.05) is 36.5 Å². The normalized spacial score (nSPS) is 13.0. The number of esters is 2. The second-order valence-electron chi connectivity index (χ2n) is 12.4. The topological polar surface area (TPSA) is 72.8 Å². The van der Waals surface area contributed by atoms with Gasteiger partial charge in [0.2, 0.25) is 0 Å². The van der Waals surface area contributed by atoms with Crippen LogP contribution in [-0.4, -0.2) is 36.4 Å². The van der Waals surface area contributed by atoms with Gasteiger partial charge < -0.3 is 14.6 Å². The van der Waals surface area contributed by atoms with Crippen LogP contribution in [0.25, 0.3) is 0 Å². The Bertz CT molecular complexity index is 879. The van der Waals surface area contributed by atoms with Gasteiger partial charge in [-0.15, -0.1) is 0 Å². The molecular weight excluding hydrogens is 584 g/mol. The van der Waals surface area contributed by atoms with Crippen molar-refractivity contribution < 1.29 is 24.2 Å². The molecule has 0 spiro atoms. The minimum atomic E-state index is -0.792. The Morgan fingerprint density at radius 2 is 0.915 bits per heavy atom. The molecule has 0 aliphatic rings. The van der Waals surface area contributed by atoms with Crippen molar-refractivity contribution in [1.82, 2.24) is 0 Å². The molecule has 0 heterocycles. The molecule has 0 saturated carbocycles. The quantitative estimate of drug-likeness (QED) is 0.0433. The van der Waals surface area contributed by atoms with Gasteiger partial charge in [0.1, 0.15) is 6.61 Å². The van der Waals surface area contributed by atoms with Crippen LogP contribution in [0.4, 0.5) is 0 Å². The maximum Gasteiger partial charge on any atom is 0.306 e. The van der Waals surface area contributed by atoms with E-state index in [1.165, 1.54) is 83.5 Å². The molecule has 0 aromatic heterocycles. The zero-order valence-corrected chi connectivity index (χ0v) is 30.3. The van der Waals surface area contributed by atoms with Crippen molar-refractivity contribution in [2.75, 3.05) is 13.2 Å². The van der Waals surface area contributed by atoms with Gasteiger partial charge in [-0.2, -0.15) is 0 Å². The summed E-state index contributed by atoms with van der Waals surface area (Å²) in [6.45, 7) is 3.92. The number of hydrogen-bond acceptors (Lipinski definition) is 5. The SMILES string of the molecule is CC/C=C/C=C/C=C/C=C/CCCCCC(=O)OCC(CO)OC(=O)CCCCCCCCCCCC/C=C/C=C/CCCCCC. The molecule has 0 radical (unpaired) electrons. The highest BCUT2D eigenvalue weighted by Gasteiger charge is 2.16. The molecule has 1 N–H and O–H groups in total. The van der Waals surface area contributed by atoms with Crippen molar-refractivity contribution in [3.63, 3.8) is 0 Å². The standard InChI is InChI=1S/C42H70O5/c1-3-5-7-9-11-13-15-17-18-19-20-21-22-23-25-27-29-31-33-35-37-42(45)47-40(38-43)39-46-41(44)36-34-32-30-28-26-24-16-14-12-10-8-6-4-2/h6,8,10,12-18,24,26,40,43H,3-5,7,9,11,19-23,25,27-39H2,1-2H3/b8-6+,12-10+,15-13+,16-14+,18-17+,26-24+. The van der Waals surface area contributed by atoms with E-state index in [1.54, 1.807) is 0 Å². The van der Waals surface area contributed by atoms with E-state index in [2.05, 4.69) is 50.3 Å². The molecule has 0 saturated heterocycles. The first-order valence-corrected chi connectivity index (χ1v) is 19.1. The highest BCUT2D eigenvalue weighted by Crippen LogP contribution is 2.13. The molecule has 0 rings (SSSR count). The van der Waals surface area contributed by atoms with Gasteiger partial charge in [-0.05, 0) is 57.8 Å². The molecule has 0 aromatic rings. The monoisotopic (exact) mass is 655 g/mol. The smallest absolute Gasteiger partial charge is 0.306 e. The Morgan fingerprint density at radius 3 is 1.43 bits per heavy atom. The second-order valence-corrected chi connectivity index (χ2v) is 12.4. The zero-order chi connectivity index (χ0) is 34.3. The summed E-state index contributed by atoms with van der Waals surface area (Å²) in [5, 5.41) is 9.54. The predicted octanol–water partition coefficient (Wildman–Crippen LogP) is 11.8. The molecule has 0 bridgehead atoms. The summed E-state index contributed by atoms with van der Waals surface area (Å²) >= 11 is 0. The van der Waals surface area contributed by atoms with Crippen LogP contribution in [-0.2, 0) is 19.1 Å². The lowest BCUT2D eigenvalue weighted by molar-refractivity contribution is -0.161. The summed E-state index contributed by atoms with van der Waals surface area (Å²) in [5.74, 6) is -0.647. The van der Waals surface area contributed by atoms with E-state index < -0.39 is 6.10 Å². The van der Waals surface area contributed by atoms with Crippen molar-refractivity contribution in [3.05, 3.63) is 72.9 Å². The van der Waals surface area contributed by atoms with E-state index in [9.17, 15) is 14.7 Å². The molecule has 0 amide bonds. The molecule has 5 heteroatoms. The fourth-order valence-electron chi connectivity index (χ4n) is 4.97. The van der Waals surface area contributed by atoms with Crippen LogP contribution in [0, 0.1) is 0 Å². The lowest BCUT2D eigenvalue weighted by Crippen LogP contribution is -2.28. The summed E-state index contributed by atoms with van der Waals surface area (Å²) in [6.07, 6.45) is 49.6. The molecule has 47 heavy (non-hydrogen) atoms. The Hall–Kier alpha value is -2.66. The van der Waals surface area contributed by atoms with Crippen molar-refractivity contribution >= 4 is 11.9 Å². The number of ether oxygens (including phenoxy) is 2. The minimum Gasteiger partial charge on any atom is -0.462 e. The third kappa shape index (κ3) is 36.0. The van der Waals surface area contributed by atoms with Gasteiger partial charge in [0, 0.05) is 12.8 Å². The molecule has 5 nitrogen and oxygen atoms in total. The fraction of sp³-hybridized carbons (Fsp3) is 0.667. The number of rotatable bonds is 33. The van der Waals surface area contributed by atoms with E-state index in [0.717, 1.165) is 51.4 Å². The lowest BCUT2D eigenvalue weighted by Gasteiger charge is -2.15. The van der Waals surface area contributed by atoms with Crippen LogP contribution in [0.15, 0.2) is 72.9 Å². The van der Waals surface area contributed by atoms with Crippen molar-refractivity contribution in [2.24, 2.45) is 0 Å². The van der Waals surface area contributed by atoms with E-state index >= 15 is 0 Å². The largest absolute Gasteiger partial charge is 0.462 e. The molecule has 0 fully saturated rings. The first-order chi connectivity index (χ1) is 23.1. The van der Waals surface area contributed by atoms with Crippen LogP contribution in [0.1, 0.15) is 162 Å². The van der Waals surface area contributed by atoms with Crippen LogP contribution in [0.2, 0.25) is 0 Å². The van der Waals surface area contributed by atoms with Gasteiger partial charge in [0.05, 0.1) is 6.61 Å². The van der Waals surface area contributed by atoms with Gasteiger partial charge in [-0.25, -0.2) is 0 Å². The predicted molar refractivity (Wildman–Crippen MR) is 200 cm³/mol. The van der Waals surface area contributed by atoms with Crippen molar-refractivity contribution in [2.45, 2.75) is 168 Å². The Balaban J connectivity index is 3.62. The Morgan fingerprint density at radius 1 is 0.511 bits per heavy atom. The lowest BCUT2D eigenvalue weighted by atomic mass is 10.1. The van der Waals surface area contributed by atoms with Crippen LogP contribution >= 0.6 is 0 Å². The summed E-state index contributed by atoms with van der Waals surface area (Å²) in [7, 11) is 0. The number of allylic oxidation sites excluding steroid dienone is 12. The Kier molecular flexibility index (Phi) is 35.7. The van der Waals surface area contributed by atoms with Crippen molar-refractivity contribution in [1.29, 1.82) is 0 Å². The molecule has 0 aliphatic heterocycles. The van der Waals surface area contributed by atoms with Crippen molar-refractivity contribution in [3.8, 4) is 0 Å². The van der Waals surface area contributed by atoms with Crippen LogP contribution in [0.3, 0.4) is 0 Å². The van der Waals surface area contributed by atoms with Gasteiger partial charge in [-0.3, -0.25) is 9.59 Å². The zero-order valence-electron chi connectivity index (χ0n) is 30.3. The minimum absolute atomic E-state index is 0.0911. The number of aliphatic hydroxyl groups is 1. The number of carbonyl (C=O) groups excluding carboxylic acids is 2. The fourth-order valence-corrected chi connectivity index (χ4v) is 4.97. The maximum atomic E-state index is 12.2. The molecule has 0 aliphatic carbocycles. The average Bonchev–Trinajstić information content (AvgIpc) is 3.07. The van der Waals surface area contributed by atoms with Gasteiger partial charge in [0.25, 0.3) is 0 Å². The average molecular weight is 655 g/mol. The van der Waals surface area contributed by atoms with Gasteiger partial charge >= 0.3 is 11.9 Å². The molecule has 1 unspecified atom stereocenters. The second kappa shape index (κ2) is 37.8. The summed E-state index contributed by atoms with van der Waals surface area (Å²) in [5.41, 5.74) is 0. The molecular formula is C42H70O5. The highest BCUT2D eigenvalue weighted by molar-refractivity contribution is 5.70. The van der Waals surface area contributed by atoms with Gasteiger partial charge in [-0.1, -0.05) is 164 Å². The summed E-state index contributed by atoms with van der Waals surface area (Å²) in [6, 6.07) is 0. The summed E-state index contributed by atoms with van der Waals surface area (Å²) < 4.78 is 10.6. The third-order valence-corrected chi connectivity index (χ3v) is 7.86. The highest BCUT2D eigenvalue weighted by atomic mass is 16.6. The number of unbranched alkanes of at least 4 members (excludes halogenated alkanes) is 17. The first-order valence-electron chi connectivity index (χ1n) is 19.1. The van der Waals surface area contributed by atoms with E-state index in [4.69, 9.17) is 9.47 Å². The molecule has 1 atom stereocenters. The Labute approximate surface area is 289 Å². The maximum absolute atomic E-state index is 12.2. The summed E-state index contributed by atoms with van der Waals surface area (Å²) in [4.78, 5) is 24.2. The van der Waals surface area contributed by atoms with E-state index in [-0.39, 0.29) is 25.2 Å². The number of aliphatic hydroxyl groups excluding tert-OH is 1. The first kappa shape index (κ1) is 44.3.